The third-order valence-corrected chi connectivity index (χ3v) is 4.58. The number of primary amides is 3. The van der Waals surface area contributed by atoms with Crippen LogP contribution in [0.15, 0.2) is 6.20 Å². The molecular weight excluding hydrogens is 516 g/mol. The van der Waals surface area contributed by atoms with Crippen LogP contribution < -0.4 is 17.2 Å². The fourth-order valence-corrected chi connectivity index (χ4v) is 2.87. The van der Waals surface area contributed by atoms with Crippen molar-refractivity contribution in [1.29, 1.82) is 0 Å². The number of alkyl halides is 5. The van der Waals surface area contributed by atoms with E-state index in [1.54, 1.807) is 0 Å². The Hall–Kier alpha value is -4.38. The molecule has 12 nitrogen and oxygen atoms in total. The predicted molar refractivity (Wildman–Crippen MR) is 115 cm³/mol. The minimum Gasteiger partial charge on any atom is -0.365 e. The lowest BCUT2D eigenvalue weighted by Gasteiger charge is -2.03. The Labute approximate surface area is 205 Å². The summed E-state index contributed by atoms with van der Waals surface area (Å²) >= 11 is 0. The van der Waals surface area contributed by atoms with Crippen LogP contribution in [0.3, 0.4) is 0 Å². The molecule has 0 spiro atoms. The van der Waals surface area contributed by atoms with Crippen LogP contribution in [0.2, 0.25) is 0 Å². The fourth-order valence-electron chi connectivity index (χ4n) is 2.87. The molecular formula is C19H23F6N9O3. The molecule has 204 valence electrons. The van der Waals surface area contributed by atoms with Crippen LogP contribution in [0, 0.1) is 19.8 Å². The molecule has 0 radical (unpaired) electrons. The van der Waals surface area contributed by atoms with Gasteiger partial charge in [-0.05, 0) is 13.8 Å². The maximum atomic E-state index is 12.9. The van der Waals surface area contributed by atoms with E-state index in [4.69, 9.17) is 17.2 Å². The zero-order valence-electron chi connectivity index (χ0n) is 20.1. The number of amides is 3. The van der Waals surface area contributed by atoms with Gasteiger partial charge in [-0.2, -0.15) is 32.9 Å². The van der Waals surface area contributed by atoms with E-state index in [1.807, 2.05) is 0 Å². The number of halogens is 6. The number of hydrogen-bond donors (Lipinski definition) is 3. The van der Waals surface area contributed by atoms with Gasteiger partial charge in [-0.25, -0.2) is 13.5 Å². The molecule has 3 heterocycles. The summed E-state index contributed by atoms with van der Waals surface area (Å²) in [5, 5.41) is 10.3. The predicted octanol–water partition coefficient (Wildman–Crippen LogP) is 1.27. The minimum absolute atomic E-state index is 0.102. The molecule has 0 bridgehead atoms. The molecule has 37 heavy (non-hydrogen) atoms. The second kappa shape index (κ2) is 11.6. The van der Waals surface area contributed by atoms with Gasteiger partial charge in [-0.3, -0.25) is 23.7 Å². The van der Waals surface area contributed by atoms with E-state index in [-0.39, 0.29) is 16.8 Å². The topological polar surface area (TPSA) is 183 Å². The van der Waals surface area contributed by atoms with E-state index in [0.29, 0.717) is 5.69 Å². The molecule has 0 atom stereocenters. The van der Waals surface area contributed by atoms with Gasteiger partial charge in [-0.1, -0.05) is 0 Å². The van der Waals surface area contributed by atoms with Crippen molar-refractivity contribution in [3.05, 3.63) is 51.6 Å². The van der Waals surface area contributed by atoms with Crippen LogP contribution in [0.4, 0.5) is 26.3 Å². The van der Waals surface area contributed by atoms with Crippen molar-refractivity contribution in [3.63, 3.8) is 0 Å². The van der Waals surface area contributed by atoms with Crippen LogP contribution in [0.1, 0.15) is 60.3 Å². The maximum Gasteiger partial charge on any atom is 0.435 e. The normalized spacial score (nSPS) is 10.9. The highest BCUT2D eigenvalue weighted by Gasteiger charge is 2.39. The summed E-state index contributed by atoms with van der Waals surface area (Å²) in [4.78, 5) is 31.9. The Morgan fingerprint density at radius 3 is 1.65 bits per heavy atom. The van der Waals surface area contributed by atoms with Crippen molar-refractivity contribution in [2.24, 2.45) is 38.3 Å². The third kappa shape index (κ3) is 7.31. The monoisotopic (exact) mass is 539 g/mol. The second-order valence-electron chi connectivity index (χ2n) is 7.30. The molecule has 0 aliphatic heterocycles. The second-order valence-corrected chi connectivity index (χ2v) is 7.30. The Morgan fingerprint density at radius 1 is 0.865 bits per heavy atom. The molecule has 0 unspecified atom stereocenters. The van der Waals surface area contributed by atoms with Crippen molar-refractivity contribution in [1.82, 2.24) is 29.3 Å². The largest absolute Gasteiger partial charge is 0.435 e. The summed E-state index contributed by atoms with van der Waals surface area (Å²) in [6.45, 7) is 2.88. The number of aromatic nitrogens is 6. The Morgan fingerprint density at radius 2 is 1.38 bits per heavy atom. The standard InChI is InChI=1S/C7H8F3N3O.C6H7F2N3O.C6H8FN3O/c1-3-4(6(11)14)5(7(8,9)10)12-13(3)2;1-11-2-3(6(9)12)4(10-11)5(7)8;1-3-4(6(8)11)5(7)10(2)9-3/h1-2H3,(H2,11,14);2,5H,1H3,(H2,9,12);1-2H3,(H2,8,11). The van der Waals surface area contributed by atoms with Gasteiger partial charge in [0.25, 0.3) is 24.1 Å². The van der Waals surface area contributed by atoms with Crippen LogP contribution >= 0.6 is 0 Å². The van der Waals surface area contributed by atoms with Gasteiger partial charge >= 0.3 is 6.18 Å². The molecule has 0 saturated heterocycles. The van der Waals surface area contributed by atoms with Gasteiger partial charge in [0, 0.05) is 33.0 Å². The first-order valence-corrected chi connectivity index (χ1v) is 9.82. The maximum absolute atomic E-state index is 12.9. The molecule has 3 amide bonds. The highest BCUT2D eigenvalue weighted by Crippen LogP contribution is 2.31. The van der Waals surface area contributed by atoms with Crippen molar-refractivity contribution < 1.29 is 40.7 Å². The average molecular weight is 539 g/mol. The van der Waals surface area contributed by atoms with E-state index in [9.17, 15) is 40.7 Å². The summed E-state index contributed by atoms with van der Waals surface area (Å²) in [5.74, 6) is -3.48. The first-order valence-electron chi connectivity index (χ1n) is 9.82. The highest BCUT2D eigenvalue weighted by atomic mass is 19.4. The molecule has 0 fully saturated rings. The summed E-state index contributed by atoms with van der Waals surface area (Å²) < 4.78 is 77.1. The molecule has 3 aromatic rings. The highest BCUT2D eigenvalue weighted by molar-refractivity contribution is 5.95. The lowest BCUT2D eigenvalue weighted by atomic mass is 10.2. The van der Waals surface area contributed by atoms with Crippen LogP contribution in [0.25, 0.3) is 0 Å². The number of nitrogens with two attached hydrogens (primary N) is 3. The zero-order chi connectivity index (χ0) is 29.0. The number of aryl methyl sites for hydroxylation is 4. The van der Waals surface area contributed by atoms with Crippen LogP contribution in [-0.2, 0) is 27.3 Å². The molecule has 3 aromatic heterocycles. The SMILES string of the molecule is Cc1c(C(N)=O)c(C(F)(F)F)nn1C.Cc1nn(C)c(F)c1C(N)=O.Cn1cc(C(N)=O)c(C(F)F)n1. The van der Waals surface area contributed by atoms with Gasteiger partial charge in [-0.15, -0.1) is 0 Å². The molecule has 0 aromatic carbocycles. The van der Waals surface area contributed by atoms with Crippen LogP contribution in [0.5, 0.6) is 0 Å². The number of nitrogens with zero attached hydrogens (tertiary/aromatic N) is 6. The molecule has 3 rings (SSSR count). The summed E-state index contributed by atoms with van der Waals surface area (Å²) in [6, 6.07) is 0. The zero-order valence-corrected chi connectivity index (χ0v) is 20.1. The van der Waals surface area contributed by atoms with E-state index in [1.165, 1.54) is 41.2 Å². The Balaban J connectivity index is 0.000000280. The molecule has 0 aliphatic rings. The molecule has 0 saturated carbocycles. The van der Waals surface area contributed by atoms with Gasteiger partial charge < -0.3 is 17.2 Å². The number of hydrogen-bond acceptors (Lipinski definition) is 6. The van der Waals surface area contributed by atoms with E-state index >= 15 is 0 Å². The summed E-state index contributed by atoms with van der Waals surface area (Å²) in [6.07, 6.45) is -6.26. The number of carbonyl (C=O) groups excluding carboxylic acids is 3. The summed E-state index contributed by atoms with van der Waals surface area (Å²) in [5.41, 5.74) is 12.3. The molecule has 6 N–H and O–H groups in total. The quantitative estimate of drug-likeness (QED) is 0.420. The van der Waals surface area contributed by atoms with E-state index in [2.05, 4.69) is 15.3 Å². The Bertz CT molecular complexity index is 1310. The minimum atomic E-state index is -4.66. The lowest BCUT2D eigenvalue weighted by Crippen LogP contribution is -2.18. The number of carbonyl (C=O) groups is 3. The van der Waals surface area contributed by atoms with Crippen molar-refractivity contribution in [2.45, 2.75) is 26.4 Å². The lowest BCUT2D eigenvalue weighted by molar-refractivity contribution is -0.141. The number of rotatable bonds is 4. The van der Waals surface area contributed by atoms with Crippen LogP contribution in [-0.4, -0.2) is 47.1 Å². The molecule has 18 heteroatoms. The van der Waals surface area contributed by atoms with Gasteiger partial charge in [0.1, 0.15) is 11.3 Å². The summed E-state index contributed by atoms with van der Waals surface area (Å²) in [7, 11) is 4.17. The van der Waals surface area contributed by atoms with Gasteiger partial charge in [0.15, 0.2) is 5.69 Å². The van der Waals surface area contributed by atoms with Gasteiger partial charge in [0.05, 0.1) is 16.8 Å². The first-order chi connectivity index (χ1) is 16.8. The fraction of sp³-hybridized carbons (Fsp3) is 0.368. The Kier molecular flexibility index (Phi) is 9.58. The first kappa shape index (κ1) is 30.7. The van der Waals surface area contributed by atoms with E-state index in [0.717, 1.165) is 14.0 Å². The van der Waals surface area contributed by atoms with Gasteiger partial charge in [0.2, 0.25) is 5.95 Å². The average Bonchev–Trinajstić information content (AvgIpc) is 3.36. The van der Waals surface area contributed by atoms with Crippen molar-refractivity contribution >= 4 is 17.7 Å². The van der Waals surface area contributed by atoms with Crippen molar-refractivity contribution in [3.8, 4) is 0 Å². The van der Waals surface area contributed by atoms with Crippen molar-refractivity contribution in [2.75, 3.05) is 0 Å². The smallest absolute Gasteiger partial charge is 0.365 e. The third-order valence-electron chi connectivity index (χ3n) is 4.58. The molecule has 0 aliphatic carbocycles. The van der Waals surface area contributed by atoms with E-state index < -0.39 is 53.2 Å².